The Morgan fingerprint density at radius 3 is 2.19 bits per heavy atom. The molecule has 0 aliphatic carbocycles. The van der Waals surface area contributed by atoms with Crippen LogP contribution < -0.4 is 16.0 Å². The third-order valence-electron chi connectivity index (χ3n) is 4.41. The molecule has 1 atom stereocenters. The standard InChI is InChI=1S/C22H26Cl3N5OS/c1-13-8-6-7-9-17(13)30-29-15-10-11-16(14(2)12-15)26-20(32)28-18(22(23,24)25)27-19(31)21(3,4)5/h6-12,18H,1-5H3,(H,27,31)(H2,26,28,32)/t18-/m0/s1. The zero-order valence-electron chi connectivity index (χ0n) is 18.5. The van der Waals surface area contributed by atoms with Crippen molar-refractivity contribution in [3.8, 4) is 0 Å². The van der Waals surface area contributed by atoms with E-state index in [1.165, 1.54) is 0 Å². The molecule has 0 heterocycles. The molecule has 1 amide bonds. The van der Waals surface area contributed by atoms with Crippen LogP contribution in [0.25, 0.3) is 0 Å². The molecule has 0 spiro atoms. The number of benzene rings is 2. The number of anilines is 1. The molecular formula is C22H26Cl3N5OS. The highest BCUT2D eigenvalue weighted by Crippen LogP contribution is 2.30. The third-order valence-corrected chi connectivity index (χ3v) is 5.28. The Bertz CT molecular complexity index is 1020. The SMILES string of the molecule is Cc1ccccc1N=Nc1ccc(NC(=S)N[C@H](NC(=O)C(C)(C)C)C(Cl)(Cl)Cl)c(C)c1. The summed E-state index contributed by atoms with van der Waals surface area (Å²) in [6, 6.07) is 13.3. The molecule has 0 bridgehead atoms. The predicted molar refractivity (Wildman–Crippen MR) is 138 cm³/mol. The van der Waals surface area contributed by atoms with Gasteiger partial charge in [-0.2, -0.15) is 10.2 Å². The number of carbonyl (C=O) groups is 1. The van der Waals surface area contributed by atoms with Crippen LogP contribution in [0.4, 0.5) is 17.1 Å². The molecule has 0 saturated heterocycles. The summed E-state index contributed by atoms with van der Waals surface area (Å²) in [7, 11) is 0. The Morgan fingerprint density at radius 2 is 1.62 bits per heavy atom. The van der Waals surface area contributed by atoms with Crippen molar-refractivity contribution in [2.45, 2.75) is 44.6 Å². The van der Waals surface area contributed by atoms with E-state index in [0.717, 1.165) is 22.5 Å². The summed E-state index contributed by atoms with van der Waals surface area (Å²) in [6.07, 6.45) is -1.03. The number of aryl methyl sites for hydroxylation is 2. The van der Waals surface area contributed by atoms with Gasteiger partial charge in [-0.3, -0.25) is 4.79 Å². The molecule has 0 aromatic heterocycles. The molecule has 2 rings (SSSR count). The minimum absolute atomic E-state index is 0.188. The summed E-state index contributed by atoms with van der Waals surface area (Å²) in [6.45, 7) is 9.17. The normalized spacial score (nSPS) is 13.0. The maximum atomic E-state index is 12.3. The number of carbonyl (C=O) groups excluding carboxylic acids is 1. The molecule has 0 radical (unpaired) electrons. The van der Waals surface area contributed by atoms with Crippen LogP contribution in [0.1, 0.15) is 31.9 Å². The molecular weight excluding hydrogens is 489 g/mol. The first kappa shape index (κ1) is 26.3. The molecule has 172 valence electrons. The van der Waals surface area contributed by atoms with Crippen molar-refractivity contribution >= 4 is 75.1 Å². The summed E-state index contributed by atoms with van der Waals surface area (Å²) in [4.78, 5) is 12.3. The number of hydrogen-bond donors (Lipinski definition) is 3. The second kappa shape index (κ2) is 10.8. The highest BCUT2D eigenvalue weighted by molar-refractivity contribution is 7.80. The third kappa shape index (κ3) is 7.89. The summed E-state index contributed by atoms with van der Waals surface area (Å²) in [5.74, 6) is -0.288. The van der Waals surface area contributed by atoms with Crippen molar-refractivity contribution < 1.29 is 4.79 Å². The molecule has 2 aromatic rings. The van der Waals surface area contributed by atoms with E-state index in [1.807, 2.05) is 56.3 Å². The van der Waals surface area contributed by atoms with Crippen molar-refractivity contribution in [2.75, 3.05) is 5.32 Å². The monoisotopic (exact) mass is 513 g/mol. The maximum absolute atomic E-state index is 12.3. The van der Waals surface area contributed by atoms with Gasteiger partial charge < -0.3 is 16.0 Å². The zero-order valence-corrected chi connectivity index (χ0v) is 21.5. The number of hydrogen-bond acceptors (Lipinski definition) is 4. The lowest BCUT2D eigenvalue weighted by molar-refractivity contribution is -0.129. The largest absolute Gasteiger partial charge is 0.339 e. The average molecular weight is 515 g/mol. The summed E-state index contributed by atoms with van der Waals surface area (Å²) < 4.78 is -1.82. The number of azo groups is 1. The molecule has 3 N–H and O–H groups in total. The van der Waals surface area contributed by atoms with Gasteiger partial charge >= 0.3 is 0 Å². The minimum Gasteiger partial charge on any atom is -0.339 e. The van der Waals surface area contributed by atoms with Gasteiger partial charge in [0.1, 0.15) is 6.17 Å². The van der Waals surface area contributed by atoms with Crippen molar-refractivity contribution in [1.29, 1.82) is 0 Å². The molecule has 2 aromatic carbocycles. The van der Waals surface area contributed by atoms with Crippen LogP contribution >= 0.6 is 47.0 Å². The number of amides is 1. The Labute approximate surface area is 209 Å². The lowest BCUT2D eigenvalue weighted by Crippen LogP contribution is -2.58. The van der Waals surface area contributed by atoms with Crippen LogP contribution in [0.3, 0.4) is 0 Å². The minimum atomic E-state index is -1.82. The summed E-state index contributed by atoms with van der Waals surface area (Å²) >= 11 is 23.5. The number of nitrogens with zero attached hydrogens (tertiary/aromatic N) is 2. The van der Waals surface area contributed by atoms with E-state index < -0.39 is 15.4 Å². The smallest absolute Gasteiger partial charge is 0.228 e. The van der Waals surface area contributed by atoms with Crippen LogP contribution in [0, 0.1) is 19.3 Å². The molecule has 6 nitrogen and oxygen atoms in total. The average Bonchev–Trinajstić information content (AvgIpc) is 2.67. The fraction of sp³-hybridized carbons (Fsp3) is 0.364. The first-order chi connectivity index (χ1) is 14.8. The number of rotatable bonds is 5. The molecule has 0 aliphatic rings. The zero-order chi connectivity index (χ0) is 24.1. The summed E-state index contributed by atoms with van der Waals surface area (Å²) in [5.41, 5.74) is 3.52. The molecule has 0 fully saturated rings. The van der Waals surface area contributed by atoms with Crippen LogP contribution in [-0.4, -0.2) is 21.0 Å². The van der Waals surface area contributed by atoms with Gasteiger partial charge in [0, 0.05) is 11.1 Å². The Morgan fingerprint density at radius 1 is 0.969 bits per heavy atom. The van der Waals surface area contributed by atoms with E-state index in [1.54, 1.807) is 20.8 Å². The van der Waals surface area contributed by atoms with Crippen molar-refractivity contribution in [3.63, 3.8) is 0 Å². The highest BCUT2D eigenvalue weighted by atomic mass is 35.6. The van der Waals surface area contributed by atoms with Crippen LogP contribution in [-0.2, 0) is 4.79 Å². The Hall–Kier alpha value is -1.93. The number of alkyl halides is 3. The fourth-order valence-electron chi connectivity index (χ4n) is 2.47. The highest BCUT2D eigenvalue weighted by Gasteiger charge is 2.36. The van der Waals surface area contributed by atoms with Crippen LogP contribution in [0.2, 0.25) is 0 Å². The summed E-state index contributed by atoms with van der Waals surface area (Å²) in [5, 5.41) is 17.4. The van der Waals surface area contributed by atoms with E-state index in [2.05, 4.69) is 26.2 Å². The number of nitrogens with one attached hydrogen (secondary N) is 3. The van der Waals surface area contributed by atoms with E-state index >= 15 is 0 Å². The fourth-order valence-corrected chi connectivity index (χ4v) is 3.03. The Kier molecular flexibility index (Phi) is 8.88. The van der Waals surface area contributed by atoms with Crippen molar-refractivity contribution in [1.82, 2.24) is 10.6 Å². The van der Waals surface area contributed by atoms with Gasteiger partial charge in [-0.15, -0.1) is 0 Å². The van der Waals surface area contributed by atoms with E-state index in [0.29, 0.717) is 5.69 Å². The van der Waals surface area contributed by atoms with Gasteiger partial charge in [-0.05, 0) is 61.5 Å². The first-order valence-electron chi connectivity index (χ1n) is 9.80. The van der Waals surface area contributed by atoms with Gasteiger partial charge in [0.2, 0.25) is 9.70 Å². The van der Waals surface area contributed by atoms with Crippen molar-refractivity contribution in [3.05, 3.63) is 53.6 Å². The Balaban J connectivity index is 2.08. The molecule has 10 heteroatoms. The molecule has 0 saturated carbocycles. The van der Waals surface area contributed by atoms with Crippen LogP contribution in [0.15, 0.2) is 52.7 Å². The first-order valence-corrected chi connectivity index (χ1v) is 11.3. The van der Waals surface area contributed by atoms with Gasteiger partial charge in [-0.25, -0.2) is 0 Å². The lowest BCUT2D eigenvalue weighted by Gasteiger charge is -2.30. The lowest BCUT2D eigenvalue weighted by atomic mass is 9.95. The molecule has 0 aliphatic heterocycles. The quantitative estimate of drug-likeness (QED) is 0.176. The van der Waals surface area contributed by atoms with Gasteiger partial charge in [0.15, 0.2) is 5.11 Å². The number of halogens is 3. The van der Waals surface area contributed by atoms with E-state index in [-0.39, 0.29) is 11.0 Å². The van der Waals surface area contributed by atoms with Gasteiger partial charge in [0.25, 0.3) is 0 Å². The topological polar surface area (TPSA) is 77.9 Å². The van der Waals surface area contributed by atoms with Crippen LogP contribution in [0.5, 0.6) is 0 Å². The van der Waals surface area contributed by atoms with Gasteiger partial charge in [0.05, 0.1) is 11.4 Å². The second-order valence-corrected chi connectivity index (χ2v) is 11.1. The predicted octanol–water partition coefficient (Wildman–Crippen LogP) is 6.86. The molecule has 32 heavy (non-hydrogen) atoms. The van der Waals surface area contributed by atoms with Gasteiger partial charge in [-0.1, -0.05) is 73.8 Å². The maximum Gasteiger partial charge on any atom is 0.228 e. The van der Waals surface area contributed by atoms with Crippen molar-refractivity contribution in [2.24, 2.45) is 15.6 Å². The van der Waals surface area contributed by atoms with E-state index in [9.17, 15) is 4.79 Å². The second-order valence-electron chi connectivity index (χ2n) is 8.28. The van der Waals surface area contributed by atoms with E-state index in [4.69, 9.17) is 47.0 Å². The number of thiocarbonyl (C=S) groups is 1. The molecule has 0 unspecified atom stereocenters.